The van der Waals surface area contributed by atoms with E-state index in [0.29, 0.717) is 19.3 Å². The molecule has 7 unspecified atom stereocenters. The van der Waals surface area contributed by atoms with Gasteiger partial charge in [-0.15, -0.1) is 0 Å². The van der Waals surface area contributed by atoms with Crippen molar-refractivity contribution in [2.24, 2.45) is 28.6 Å². The fraction of sp³-hybridized carbons (Fsp3) is 0.818. The van der Waals surface area contributed by atoms with E-state index in [-0.39, 0.29) is 29.0 Å². The van der Waals surface area contributed by atoms with E-state index in [9.17, 15) is 24.9 Å². The summed E-state index contributed by atoms with van der Waals surface area (Å²) in [5.74, 6) is 0.0224. The predicted molar refractivity (Wildman–Crippen MR) is 99.8 cm³/mol. The van der Waals surface area contributed by atoms with E-state index in [4.69, 9.17) is 0 Å². The molecule has 3 fully saturated rings. The van der Waals surface area contributed by atoms with E-state index in [1.165, 1.54) is 5.57 Å². The second-order valence-corrected chi connectivity index (χ2v) is 10.3. The molecule has 27 heavy (non-hydrogen) atoms. The number of carbonyl (C=O) groups is 2. The van der Waals surface area contributed by atoms with Gasteiger partial charge in [-0.25, -0.2) is 0 Å². The first-order valence-electron chi connectivity index (χ1n) is 10.3. The van der Waals surface area contributed by atoms with Gasteiger partial charge in [0.15, 0.2) is 11.6 Å². The molecule has 0 heterocycles. The van der Waals surface area contributed by atoms with Crippen molar-refractivity contribution in [2.75, 3.05) is 6.61 Å². The zero-order valence-corrected chi connectivity index (χ0v) is 16.6. The molecule has 3 saturated carbocycles. The van der Waals surface area contributed by atoms with Gasteiger partial charge in [-0.05, 0) is 74.7 Å². The second kappa shape index (κ2) is 5.74. The van der Waals surface area contributed by atoms with Crippen molar-refractivity contribution in [2.45, 2.75) is 76.9 Å². The highest BCUT2D eigenvalue weighted by Gasteiger charge is 2.70. The summed E-state index contributed by atoms with van der Waals surface area (Å²) in [4.78, 5) is 24.4. The van der Waals surface area contributed by atoms with Crippen LogP contribution in [0.15, 0.2) is 11.6 Å². The van der Waals surface area contributed by atoms with E-state index < -0.39 is 29.0 Å². The highest BCUT2D eigenvalue weighted by Crippen LogP contribution is 2.69. The van der Waals surface area contributed by atoms with Gasteiger partial charge in [0.2, 0.25) is 0 Å². The third kappa shape index (κ3) is 2.34. The Labute approximate surface area is 160 Å². The minimum Gasteiger partial charge on any atom is -0.390 e. The normalized spacial score (nSPS) is 51.9. The van der Waals surface area contributed by atoms with Crippen LogP contribution in [0.5, 0.6) is 0 Å². The van der Waals surface area contributed by atoms with E-state index in [1.54, 1.807) is 0 Å². The fourth-order valence-electron chi connectivity index (χ4n) is 7.91. The van der Waals surface area contributed by atoms with Crippen LogP contribution in [-0.4, -0.2) is 44.7 Å². The molecule has 0 saturated heterocycles. The molecule has 5 nitrogen and oxygen atoms in total. The summed E-state index contributed by atoms with van der Waals surface area (Å²) in [6.45, 7) is 5.31. The number of ketones is 2. The lowest BCUT2D eigenvalue weighted by Crippen LogP contribution is -2.65. The number of hydrogen-bond donors (Lipinski definition) is 3. The summed E-state index contributed by atoms with van der Waals surface area (Å²) in [6.07, 6.45) is 6.24. The van der Waals surface area contributed by atoms with Crippen molar-refractivity contribution in [1.82, 2.24) is 0 Å². The van der Waals surface area contributed by atoms with E-state index >= 15 is 0 Å². The molecule has 7 atom stereocenters. The van der Waals surface area contributed by atoms with Crippen molar-refractivity contribution >= 4 is 11.6 Å². The number of aliphatic hydroxyl groups is 3. The van der Waals surface area contributed by atoms with Crippen LogP contribution < -0.4 is 0 Å². The van der Waals surface area contributed by atoms with Crippen LogP contribution in [0.4, 0.5) is 0 Å². The SMILES string of the molecule is CC1(O)CC2(C)C(CCC2(O)C(=O)CO)C2CCC3=CC(=O)CCC3(C)C21. The lowest BCUT2D eigenvalue weighted by molar-refractivity contribution is -0.211. The first kappa shape index (κ1) is 19.3. The van der Waals surface area contributed by atoms with E-state index in [2.05, 4.69) is 6.92 Å². The average molecular weight is 376 g/mol. The number of aliphatic hydroxyl groups excluding tert-OH is 1. The van der Waals surface area contributed by atoms with Gasteiger partial charge in [0.05, 0.1) is 5.60 Å². The molecule has 0 amide bonds. The van der Waals surface area contributed by atoms with Gasteiger partial charge < -0.3 is 15.3 Å². The molecule has 4 aliphatic rings. The molecular weight excluding hydrogens is 344 g/mol. The summed E-state index contributed by atoms with van der Waals surface area (Å²) in [6, 6.07) is 0. The lowest BCUT2D eigenvalue weighted by Gasteiger charge is -2.63. The number of allylic oxidation sites excluding steroid dienone is 1. The monoisotopic (exact) mass is 376 g/mol. The Morgan fingerprint density at radius 2 is 1.85 bits per heavy atom. The zero-order chi connectivity index (χ0) is 19.8. The summed E-state index contributed by atoms with van der Waals surface area (Å²) in [5.41, 5.74) is -2.38. The summed E-state index contributed by atoms with van der Waals surface area (Å²) < 4.78 is 0. The zero-order valence-electron chi connectivity index (χ0n) is 16.6. The maximum Gasteiger partial charge on any atom is 0.190 e. The van der Waals surface area contributed by atoms with Gasteiger partial charge in [0, 0.05) is 11.8 Å². The molecule has 0 aromatic rings. The Hall–Kier alpha value is -1.04. The average Bonchev–Trinajstić information content (AvgIpc) is 2.85. The first-order valence-corrected chi connectivity index (χ1v) is 10.3. The molecule has 150 valence electrons. The molecule has 4 aliphatic carbocycles. The van der Waals surface area contributed by atoms with Crippen LogP contribution in [-0.2, 0) is 9.59 Å². The van der Waals surface area contributed by atoms with Crippen LogP contribution in [0, 0.1) is 28.6 Å². The van der Waals surface area contributed by atoms with Crippen LogP contribution in [0.25, 0.3) is 0 Å². The van der Waals surface area contributed by atoms with E-state index in [1.807, 2.05) is 19.9 Å². The van der Waals surface area contributed by atoms with Crippen molar-refractivity contribution < 1.29 is 24.9 Å². The minimum atomic E-state index is -1.57. The number of rotatable bonds is 2. The lowest BCUT2D eigenvalue weighted by atomic mass is 9.42. The number of carbonyl (C=O) groups excluding carboxylic acids is 2. The Kier molecular flexibility index (Phi) is 4.10. The van der Waals surface area contributed by atoms with Crippen LogP contribution in [0.3, 0.4) is 0 Å². The van der Waals surface area contributed by atoms with E-state index in [0.717, 1.165) is 25.7 Å². The van der Waals surface area contributed by atoms with Crippen molar-refractivity contribution in [3.63, 3.8) is 0 Å². The third-order valence-electron chi connectivity index (χ3n) is 8.92. The number of hydrogen-bond acceptors (Lipinski definition) is 5. The van der Waals surface area contributed by atoms with Crippen LogP contribution in [0.2, 0.25) is 0 Å². The smallest absolute Gasteiger partial charge is 0.190 e. The molecule has 0 aliphatic heterocycles. The highest BCUT2D eigenvalue weighted by molar-refractivity contribution is 5.91. The third-order valence-corrected chi connectivity index (χ3v) is 8.92. The second-order valence-electron chi connectivity index (χ2n) is 10.3. The Morgan fingerprint density at radius 3 is 2.52 bits per heavy atom. The van der Waals surface area contributed by atoms with Crippen molar-refractivity contribution in [3.05, 3.63) is 11.6 Å². The predicted octanol–water partition coefficient (Wildman–Crippen LogP) is 2.17. The topological polar surface area (TPSA) is 94.8 Å². The van der Waals surface area contributed by atoms with Crippen LogP contribution in [0.1, 0.15) is 65.7 Å². The maximum atomic E-state index is 12.5. The molecule has 3 N–H and O–H groups in total. The molecular formula is C22H32O5. The van der Waals surface area contributed by atoms with Gasteiger partial charge in [0.25, 0.3) is 0 Å². The number of fused-ring (bicyclic) bond motifs is 5. The standard InChI is InChI=1S/C22H32O5/c1-19-8-6-14(24)10-13(19)4-5-15-16-7-9-22(27,17(25)11-23)20(16,2)12-21(3,26)18(15)19/h10,15-16,18,23,26-27H,4-9,11-12H2,1-3H3. The summed E-state index contributed by atoms with van der Waals surface area (Å²) >= 11 is 0. The number of Topliss-reactive ketones (excluding diaryl/α,β-unsaturated/α-hetero) is 1. The molecule has 0 radical (unpaired) electrons. The quantitative estimate of drug-likeness (QED) is 0.687. The molecule has 0 bridgehead atoms. The molecule has 5 heteroatoms. The molecule has 0 aromatic heterocycles. The van der Waals surface area contributed by atoms with Gasteiger partial charge >= 0.3 is 0 Å². The molecule has 0 aromatic carbocycles. The maximum absolute atomic E-state index is 12.5. The largest absolute Gasteiger partial charge is 0.390 e. The van der Waals surface area contributed by atoms with Crippen molar-refractivity contribution in [3.8, 4) is 0 Å². The fourth-order valence-corrected chi connectivity index (χ4v) is 7.91. The van der Waals surface area contributed by atoms with Crippen LogP contribution >= 0.6 is 0 Å². The Bertz CT molecular complexity index is 724. The highest BCUT2D eigenvalue weighted by atomic mass is 16.3. The minimum absolute atomic E-state index is 0.0164. The van der Waals surface area contributed by atoms with Crippen molar-refractivity contribution in [1.29, 1.82) is 0 Å². The van der Waals surface area contributed by atoms with Gasteiger partial charge in [-0.3, -0.25) is 9.59 Å². The summed E-state index contributed by atoms with van der Waals surface area (Å²) in [7, 11) is 0. The Morgan fingerprint density at radius 1 is 1.15 bits per heavy atom. The molecule has 0 spiro atoms. The Balaban J connectivity index is 1.79. The van der Waals surface area contributed by atoms with Gasteiger partial charge in [-0.1, -0.05) is 19.4 Å². The first-order chi connectivity index (χ1) is 12.5. The van der Waals surface area contributed by atoms with Gasteiger partial charge in [-0.2, -0.15) is 0 Å². The summed E-state index contributed by atoms with van der Waals surface area (Å²) in [5, 5.41) is 32.4. The molecule has 4 rings (SSSR count). The van der Waals surface area contributed by atoms with Gasteiger partial charge in [0.1, 0.15) is 12.2 Å².